The number of rotatable bonds is 6. The Bertz CT molecular complexity index is 402. The third-order valence-corrected chi connectivity index (χ3v) is 4.18. The van der Waals surface area contributed by atoms with Crippen LogP contribution in [0.1, 0.15) is 13.3 Å². The van der Waals surface area contributed by atoms with Crippen molar-refractivity contribution in [3.05, 3.63) is 24.3 Å². The lowest BCUT2D eigenvalue weighted by Crippen LogP contribution is -2.50. The Labute approximate surface area is 122 Å². The first-order chi connectivity index (χ1) is 9.76. The predicted octanol–water partition coefficient (Wildman–Crippen LogP) is 1.82. The molecule has 1 saturated heterocycles. The Hall–Kier alpha value is -1.26. The van der Waals surface area contributed by atoms with Crippen molar-refractivity contribution in [2.45, 2.75) is 19.4 Å². The molecule has 4 nitrogen and oxygen atoms in total. The van der Waals surface area contributed by atoms with Crippen molar-refractivity contribution in [3.63, 3.8) is 0 Å². The molecule has 1 aromatic rings. The average Bonchev–Trinajstić information content (AvgIpc) is 2.52. The van der Waals surface area contributed by atoms with Gasteiger partial charge >= 0.3 is 0 Å². The van der Waals surface area contributed by atoms with E-state index in [2.05, 4.69) is 34.2 Å². The highest BCUT2D eigenvalue weighted by Crippen LogP contribution is 2.28. The third-order valence-electron chi connectivity index (χ3n) is 4.18. The first-order valence-electron chi connectivity index (χ1n) is 7.53. The third kappa shape index (κ3) is 3.64. The minimum absolute atomic E-state index is 0.655. The topological polar surface area (TPSA) is 27.7 Å². The van der Waals surface area contributed by atoms with Gasteiger partial charge in [-0.3, -0.25) is 4.90 Å². The summed E-state index contributed by atoms with van der Waals surface area (Å²) in [5.41, 5.74) is 1.22. The molecule has 1 aliphatic heterocycles. The Morgan fingerprint density at radius 2 is 1.90 bits per heavy atom. The zero-order chi connectivity index (χ0) is 14.4. The summed E-state index contributed by atoms with van der Waals surface area (Å²) in [5.74, 6) is 0.976. The van der Waals surface area contributed by atoms with Crippen molar-refractivity contribution in [1.29, 1.82) is 0 Å². The van der Waals surface area contributed by atoms with E-state index in [0.717, 1.165) is 38.5 Å². The largest absolute Gasteiger partial charge is 0.495 e. The molecule has 0 amide bonds. The van der Waals surface area contributed by atoms with Gasteiger partial charge in [0.2, 0.25) is 0 Å². The number of para-hydroxylation sites is 2. The van der Waals surface area contributed by atoms with Crippen LogP contribution in [-0.4, -0.2) is 57.8 Å². The van der Waals surface area contributed by atoms with Gasteiger partial charge in [-0.2, -0.15) is 0 Å². The molecule has 1 atom stereocenters. The van der Waals surface area contributed by atoms with E-state index in [0.29, 0.717) is 6.04 Å². The number of methoxy groups -OCH3 is 1. The Morgan fingerprint density at radius 3 is 2.55 bits per heavy atom. The van der Waals surface area contributed by atoms with Crippen LogP contribution >= 0.6 is 0 Å². The van der Waals surface area contributed by atoms with Crippen LogP contribution in [0.3, 0.4) is 0 Å². The highest BCUT2D eigenvalue weighted by Gasteiger charge is 2.22. The molecule has 0 spiro atoms. The quantitative estimate of drug-likeness (QED) is 0.858. The van der Waals surface area contributed by atoms with Crippen LogP contribution < -0.4 is 15.0 Å². The minimum Gasteiger partial charge on any atom is -0.495 e. The highest BCUT2D eigenvalue weighted by atomic mass is 16.5. The molecule has 1 aromatic carbocycles. The maximum Gasteiger partial charge on any atom is 0.142 e. The monoisotopic (exact) mass is 277 g/mol. The molecular formula is C16H27N3O. The molecule has 2 rings (SSSR count). The van der Waals surface area contributed by atoms with Crippen LogP contribution in [-0.2, 0) is 0 Å². The second-order valence-electron chi connectivity index (χ2n) is 5.44. The van der Waals surface area contributed by atoms with E-state index in [-0.39, 0.29) is 0 Å². The van der Waals surface area contributed by atoms with Gasteiger partial charge in [-0.1, -0.05) is 12.1 Å². The second kappa shape index (κ2) is 7.50. The number of benzene rings is 1. The van der Waals surface area contributed by atoms with Crippen molar-refractivity contribution in [2.75, 3.05) is 51.8 Å². The summed E-state index contributed by atoms with van der Waals surface area (Å²) >= 11 is 0. The van der Waals surface area contributed by atoms with Gasteiger partial charge in [0.1, 0.15) is 5.75 Å². The second-order valence-corrected chi connectivity index (χ2v) is 5.44. The zero-order valence-electron chi connectivity index (χ0n) is 12.9. The Balaban J connectivity index is 1.90. The van der Waals surface area contributed by atoms with Crippen LogP contribution in [0.25, 0.3) is 0 Å². The van der Waals surface area contributed by atoms with E-state index in [1.807, 2.05) is 19.2 Å². The van der Waals surface area contributed by atoms with Gasteiger partial charge in [0, 0.05) is 32.2 Å². The lowest BCUT2D eigenvalue weighted by molar-refractivity contribution is 0.188. The standard InChI is InChI=1S/C16H27N3O/c1-14(8-9-17-2)18-10-12-19(13-11-18)15-6-4-5-7-16(15)20-3/h4-7,14,17H,8-13H2,1-3H3. The van der Waals surface area contributed by atoms with Crippen LogP contribution in [0.4, 0.5) is 5.69 Å². The Kier molecular flexibility index (Phi) is 5.68. The molecule has 0 saturated carbocycles. The van der Waals surface area contributed by atoms with Gasteiger partial charge in [0.15, 0.2) is 0 Å². The van der Waals surface area contributed by atoms with Gasteiger partial charge in [0.25, 0.3) is 0 Å². The number of piperazine rings is 1. The number of hydrogen-bond donors (Lipinski definition) is 1. The molecule has 1 aliphatic rings. The summed E-state index contributed by atoms with van der Waals surface area (Å²) in [6.07, 6.45) is 1.21. The first kappa shape index (κ1) is 15.1. The number of hydrogen-bond acceptors (Lipinski definition) is 4. The molecule has 1 N–H and O–H groups in total. The molecule has 20 heavy (non-hydrogen) atoms. The van der Waals surface area contributed by atoms with Gasteiger partial charge in [-0.15, -0.1) is 0 Å². The van der Waals surface area contributed by atoms with E-state index in [1.165, 1.54) is 12.1 Å². The number of nitrogens with zero attached hydrogens (tertiary/aromatic N) is 2. The van der Waals surface area contributed by atoms with E-state index >= 15 is 0 Å². The van der Waals surface area contributed by atoms with Crippen molar-refractivity contribution >= 4 is 5.69 Å². The lowest BCUT2D eigenvalue weighted by atomic mass is 10.1. The van der Waals surface area contributed by atoms with E-state index in [9.17, 15) is 0 Å². The smallest absolute Gasteiger partial charge is 0.142 e. The Morgan fingerprint density at radius 1 is 1.20 bits per heavy atom. The summed E-state index contributed by atoms with van der Waals surface area (Å²) in [6.45, 7) is 7.82. The molecule has 4 heteroatoms. The highest BCUT2D eigenvalue weighted by molar-refractivity contribution is 5.58. The van der Waals surface area contributed by atoms with E-state index in [4.69, 9.17) is 4.74 Å². The molecule has 1 unspecified atom stereocenters. The summed E-state index contributed by atoms with van der Waals surface area (Å²) in [6, 6.07) is 8.95. The predicted molar refractivity (Wildman–Crippen MR) is 84.8 cm³/mol. The summed E-state index contributed by atoms with van der Waals surface area (Å²) in [5, 5.41) is 3.23. The maximum absolute atomic E-state index is 5.46. The first-order valence-corrected chi connectivity index (χ1v) is 7.53. The molecular weight excluding hydrogens is 250 g/mol. The van der Waals surface area contributed by atoms with E-state index < -0.39 is 0 Å². The normalized spacial score (nSPS) is 18.1. The van der Waals surface area contributed by atoms with Crippen molar-refractivity contribution < 1.29 is 4.74 Å². The van der Waals surface area contributed by atoms with Crippen molar-refractivity contribution in [3.8, 4) is 5.75 Å². The number of nitrogens with one attached hydrogen (secondary N) is 1. The summed E-state index contributed by atoms with van der Waals surface area (Å²) < 4.78 is 5.46. The SMILES string of the molecule is CNCCC(C)N1CCN(c2ccccc2OC)CC1. The fraction of sp³-hybridized carbons (Fsp3) is 0.625. The van der Waals surface area contributed by atoms with Crippen molar-refractivity contribution in [1.82, 2.24) is 10.2 Å². The summed E-state index contributed by atoms with van der Waals surface area (Å²) in [7, 11) is 3.77. The molecule has 0 radical (unpaired) electrons. The minimum atomic E-state index is 0.655. The van der Waals surface area contributed by atoms with Gasteiger partial charge in [-0.25, -0.2) is 0 Å². The molecule has 112 valence electrons. The van der Waals surface area contributed by atoms with Crippen LogP contribution in [0.15, 0.2) is 24.3 Å². The van der Waals surface area contributed by atoms with Gasteiger partial charge < -0.3 is 15.0 Å². The zero-order valence-corrected chi connectivity index (χ0v) is 12.9. The fourth-order valence-corrected chi connectivity index (χ4v) is 2.83. The number of ether oxygens (including phenoxy) is 1. The molecule has 1 heterocycles. The molecule has 1 fully saturated rings. The summed E-state index contributed by atoms with van der Waals surface area (Å²) in [4.78, 5) is 5.02. The van der Waals surface area contributed by atoms with E-state index in [1.54, 1.807) is 7.11 Å². The molecule has 0 aromatic heterocycles. The maximum atomic E-state index is 5.46. The molecule has 0 aliphatic carbocycles. The molecule has 0 bridgehead atoms. The number of anilines is 1. The van der Waals surface area contributed by atoms with Crippen LogP contribution in [0.5, 0.6) is 5.75 Å². The van der Waals surface area contributed by atoms with Crippen molar-refractivity contribution in [2.24, 2.45) is 0 Å². The van der Waals surface area contributed by atoms with Gasteiger partial charge in [0.05, 0.1) is 12.8 Å². The fourth-order valence-electron chi connectivity index (χ4n) is 2.83. The van der Waals surface area contributed by atoms with Crippen LogP contribution in [0, 0.1) is 0 Å². The van der Waals surface area contributed by atoms with Gasteiger partial charge in [-0.05, 0) is 39.1 Å². The average molecular weight is 277 g/mol. The lowest BCUT2D eigenvalue weighted by Gasteiger charge is -2.39. The van der Waals surface area contributed by atoms with Crippen LogP contribution in [0.2, 0.25) is 0 Å².